The molecule has 2 saturated heterocycles. The summed E-state index contributed by atoms with van der Waals surface area (Å²) in [5, 5.41) is 10.8. The van der Waals surface area contributed by atoms with Gasteiger partial charge in [0.15, 0.2) is 6.04 Å². The summed E-state index contributed by atoms with van der Waals surface area (Å²) in [7, 11) is 0. The van der Waals surface area contributed by atoms with Crippen molar-refractivity contribution in [3.63, 3.8) is 0 Å². The highest BCUT2D eigenvalue weighted by Gasteiger charge is 2.62. The van der Waals surface area contributed by atoms with E-state index in [-0.39, 0.29) is 17.3 Å². The van der Waals surface area contributed by atoms with Crippen LogP contribution in [0.5, 0.6) is 0 Å². The van der Waals surface area contributed by atoms with Gasteiger partial charge >= 0.3 is 0 Å². The van der Waals surface area contributed by atoms with E-state index in [0.29, 0.717) is 0 Å². The van der Waals surface area contributed by atoms with E-state index in [1.807, 2.05) is 13.8 Å². The molecule has 0 aromatic carbocycles. The Kier molecular flexibility index (Phi) is 1.84. The third-order valence-corrected chi connectivity index (χ3v) is 4.40. The van der Waals surface area contributed by atoms with Crippen molar-refractivity contribution in [1.29, 1.82) is 0 Å². The van der Waals surface area contributed by atoms with Crippen LogP contribution in [0.15, 0.2) is 0 Å². The summed E-state index contributed by atoms with van der Waals surface area (Å²) >= 11 is 1.49. The zero-order valence-corrected chi connectivity index (χ0v) is 8.84. The summed E-state index contributed by atoms with van der Waals surface area (Å²) < 4.78 is -0.481. The average molecular weight is 216 g/mol. The minimum atomic E-state index is -1.18. The summed E-state index contributed by atoms with van der Waals surface area (Å²) in [4.78, 5) is 23.7. The normalized spacial score (nSPS) is 39.2. The fourth-order valence-electron chi connectivity index (χ4n) is 2.07. The first kappa shape index (κ1) is 9.79. The fourth-order valence-corrected chi connectivity index (χ4v) is 3.65. The minimum absolute atomic E-state index is 0.0830. The number of aliphatic carboxylic acids is 1. The molecule has 0 aromatic rings. The van der Waals surface area contributed by atoms with Crippen LogP contribution in [0.1, 0.15) is 13.8 Å². The lowest BCUT2D eigenvalue weighted by Crippen LogP contribution is -2.83. The largest absolute Gasteiger partial charge is 0.548 e. The van der Waals surface area contributed by atoms with Crippen LogP contribution in [0.25, 0.3) is 0 Å². The molecule has 2 heterocycles. The van der Waals surface area contributed by atoms with E-state index in [1.54, 1.807) is 0 Å². The molecule has 2 rings (SSSR count). The van der Waals surface area contributed by atoms with Crippen LogP contribution in [-0.2, 0) is 9.59 Å². The highest BCUT2D eigenvalue weighted by Crippen LogP contribution is 2.49. The van der Waals surface area contributed by atoms with E-state index in [1.165, 1.54) is 16.7 Å². The number of rotatable bonds is 1. The first-order valence-electron chi connectivity index (χ1n) is 4.40. The third-order valence-electron chi connectivity index (χ3n) is 2.77. The summed E-state index contributed by atoms with van der Waals surface area (Å²) in [6, 6.07) is -1.12. The number of fused-ring (bicyclic) bond motifs is 1. The number of quaternary nitrogens is 1. The number of hydrogen-bond donors (Lipinski definition) is 1. The quantitative estimate of drug-likeness (QED) is 0.487. The molecular weight excluding hydrogens is 204 g/mol. The van der Waals surface area contributed by atoms with Crippen molar-refractivity contribution in [2.45, 2.75) is 36.1 Å². The van der Waals surface area contributed by atoms with Gasteiger partial charge in [0.05, 0.1) is 12.0 Å². The Bertz CT molecular complexity index is 318. The second-order valence-corrected chi connectivity index (χ2v) is 5.96. The van der Waals surface area contributed by atoms with Crippen molar-refractivity contribution in [2.75, 3.05) is 0 Å². The molecular formula is C8H12N2O3S. The third kappa shape index (κ3) is 1.01. The van der Waals surface area contributed by atoms with Crippen LogP contribution in [0.2, 0.25) is 0 Å². The lowest BCUT2D eigenvalue weighted by Gasteiger charge is -2.40. The Balaban J connectivity index is 2.32. The summed E-state index contributed by atoms with van der Waals surface area (Å²) in [5.74, 6) is -1.35. The van der Waals surface area contributed by atoms with Gasteiger partial charge in [-0.25, -0.2) is 0 Å². The number of carbonyl (C=O) groups excluding carboxylic acids is 2. The van der Waals surface area contributed by atoms with Crippen LogP contribution >= 0.6 is 11.8 Å². The molecule has 6 heteroatoms. The first-order chi connectivity index (χ1) is 6.36. The first-order valence-corrected chi connectivity index (χ1v) is 5.28. The highest BCUT2D eigenvalue weighted by molar-refractivity contribution is 8.01. The molecule has 1 amide bonds. The van der Waals surface area contributed by atoms with Crippen molar-refractivity contribution >= 4 is 23.6 Å². The van der Waals surface area contributed by atoms with Crippen molar-refractivity contribution in [1.82, 2.24) is 4.90 Å². The van der Waals surface area contributed by atoms with Gasteiger partial charge in [-0.3, -0.25) is 4.79 Å². The number of carboxylic acid groups (broad SMARTS) is 1. The van der Waals surface area contributed by atoms with Gasteiger partial charge in [0.1, 0.15) is 5.37 Å². The zero-order chi connectivity index (χ0) is 10.7. The number of nitrogens with zero attached hydrogens (tertiary/aromatic N) is 1. The van der Waals surface area contributed by atoms with Gasteiger partial charge in [0, 0.05) is 4.75 Å². The van der Waals surface area contributed by atoms with Crippen LogP contribution in [0.4, 0.5) is 0 Å². The molecule has 78 valence electrons. The van der Waals surface area contributed by atoms with Gasteiger partial charge in [-0.2, -0.15) is 0 Å². The van der Waals surface area contributed by atoms with E-state index in [4.69, 9.17) is 0 Å². The van der Waals surface area contributed by atoms with E-state index in [0.717, 1.165) is 0 Å². The van der Waals surface area contributed by atoms with Gasteiger partial charge in [-0.05, 0) is 13.8 Å². The lowest BCUT2D eigenvalue weighted by atomic mass is 9.96. The van der Waals surface area contributed by atoms with E-state index < -0.39 is 16.8 Å². The van der Waals surface area contributed by atoms with Crippen LogP contribution in [-0.4, -0.2) is 39.0 Å². The molecule has 0 bridgehead atoms. The molecule has 2 aliphatic rings. The number of amides is 1. The SMILES string of the molecule is CC1(C)S[C@H]2[C@H]([NH3+])C(=O)N2[C@@H]1C(=O)[O-]. The molecule has 2 fully saturated rings. The number of β-lactam (4-membered cyclic amide) rings is 1. The second-order valence-electron chi connectivity index (χ2n) is 4.19. The minimum Gasteiger partial charge on any atom is -0.548 e. The molecule has 0 spiro atoms. The van der Waals surface area contributed by atoms with Gasteiger partial charge in [-0.1, -0.05) is 0 Å². The topological polar surface area (TPSA) is 88.1 Å². The number of thioether (sulfide) groups is 1. The predicted octanol–water partition coefficient (Wildman–Crippen LogP) is -2.59. The van der Waals surface area contributed by atoms with Gasteiger partial charge in [0.2, 0.25) is 0 Å². The molecule has 2 aliphatic heterocycles. The number of hydrogen-bond acceptors (Lipinski definition) is 4. The highest BCUT2D eigenvalue weighted by atomic mass is 32.2. The van der Waals surface area contributed by atoms with E-state index in [2.05, 4.69) is 5.73 Å². The van der Waals surface area contributed by atoms with Gasteiger partial charge in [0.25, 0.3) is 5.91 Å². The van der Waals surface area contributed by atoms with Gasteiger partial charge < -0.3 is 20.5 Å². The summed E-state index contributed by atoms with van der Waals surface area (Å²) in [6.45, 7) is 3.63. The standard InChI is InChI=1S/C8H12N2O3S/c1-8(2)4(7(12)13)10-5(11)3(9)6(10)14-8/h3-4,6H,9H2,1-2H3,(H,12,13)/t3-,4-,6+/m1/s1. The Labute approximate surface area is 85.6 Å². The maximum Gasteiger partial charge on any atom is 0.285 e. The van der Waals surface area contributed by atoms with Crippen molar-refractivity contribution in [3.05, 3.63) is 0 Å². The zero-order valence-electron chi connectivity index (χ0n) is 8.02. The average Bonchev–Trinajstić information content (AvgIpc) is 2.34. The molecule has 14 heavy (non-hydrogen) atoms. The van der Waals surface area contributed by atoms with Crippen molar-refractivity contribution in [3.8, 4) is 0 Å². The van der Waals surface area contributed by atoms with E-state index >= 15 is 0 Å². The summed E-state index contributed by atoms with van der Waals surface area (Å²) in [5.41, 5.74) is 3.70. The second kappa shape index (κ2) is 2.64. The van der Waals surface area contributed by atoms with Crippen molar-refractivity contribution < 1.29 is 20.4 Å². The van der Waals surface area contributed by atoms with Crippen LogP contribution < -0.4 is 10.8 Å². The molecule has 0 unspecified atom stereocenters. The van der Waals surface area contributed by atoms with E-state index in [9.17, 15) is 14.7 Å². The molecule has 5 nitrogen and oxygen atoms in total. The lowest BCUT2D eigenvalue weighted by molar-refractivity contribution is -0.426. The molecule has 3 N–H and O–H groups in total. The molecule has 3 atom stereocenters. The predicted molar refractivity (Wildman–Crippen MR) is 47.8 cm³/mol. The Morgan fingerprint density at radius 2 is 2.21 bits per heavy atom. The Hall–Kier alpha value is -0.750. The van der Waals surface area contributed by atoms with Gasteiger partial charge in [-0.15, -0.1) is 11.8 Å². The molecule has 0 saturated carbocycles. The molecule has 0 radical (unpaired) electrons. The summed E-state index contributed by atoms with van der Waals surface area (Å²) in [6.07, 6.45) is 0. The molecule has 0 aliphatic carbocycles. The van der Waals surface area contributed by atoms with Crippen molar-refractivity contribution in [2.24, 2.45) is 0 Å². The number of carbonyl (C=O) groups is 2. The number of carboxylic acids is 1. The van der Waals surface area contributed by atoms with Crippen LogP contribution in [0, 0.1) is 0 Å². The fraction of sp³-hybridized carbons (Fsp3) is 0.750. The maximum atomic E-state index is 11.4. The maximum absolute atomic E-state index is 11.4. The smallest absolute Gasteiger partial charge is 0.285 e. The monoisotopic (exact) mass is 216 g/mol. The molecule has 0 aromatic heterocycles. The Morgan fingerprint density at radius 1 is 1.64 bits per heavy atom. The van der Waals surface area contributed by atoms with Crippen LogP contribution in [0.3, 0.4) is 0 Å². The Morgan fingerprint density at radius 3 is 2.71 bits per heavy atom.